The van der Waals surface area contributed by atoms with Gasteiger partial charge in [-0.2, -0.15) is 0 Å². The van der Waals surface area contributed by atoms with E-state index < -0.39 is 17.7 Å². The van der Waals surface area contributed by atoms with Crippen molar-refractivity contribution >= 4 is 11.3 Å². The molecule has 90 valence electrons. The largest absolute Gasteiger partial charge is 0.324 e. The van der Waals surface area contributed by atoms with Crippen molar-refractivity contribution in [1.82, 2.24) is 0 Å². The Bertz CT molecular complexity index is 508. The van der Waals surface area contributed by atoms with E-state index in [4.69, 9.17) is 5.73 Å². The van der Waals surface area contributed by atoms with E-state index in [0.717, 1.165) is 4.88 Å². The summed E-state index contributed by atoms with van der Waals surface area (Å²) in [6.07, 6.45) is 0.525. The second-order valence-corrected chi connectivity index (χ2v) is 5.02. The third-order valence-corrected chi connectivity index (χ3v) is 3.60. The van der Waals surface area contributed by atoms with Crippen LogP contribution in [-0.2, 0) is 6.42 Å². The molecule has 1 unspecified atom stereocenters. The second kappa shape index (κ2) is 4.94. The van der Waals surface area contributed by atoms with Gasteiger partial charge in [0.05, 0.1) is 0 Å². The van der Waals surface area contributed by atoms with E-state index >= 15 is 0 Å². The van der Waals surface area contributed by atoms with E-state index in [0.29, 0.717) is 12.0 Å². The fraction of sp³-hybridized carbons (Fsp3) is 0.231. The Balaban J connectivity index is 2.25. The minimum atomic E-state index is -0.825. The normalized spacial score (nSPS) is 12.7. The number of benzene rings is 1. The van der Waals surface area contributed by atoms with Crippen LogP contribution in [0.5, 0.6) is 0 Å². The quantitative estimate of drug-likeness (QED) is 0.889. The average Bonchev–Trinajstić information content (AvgIpc) is 2.78. The molecule has 0 radical (unpaired) electrons. The lowest BCUT2D eigenvalue weighted by molar-refractivity contribution is 0.483. The molecular formula is C13H13F2NS. The molecule has 4 heteroatoms. The highest BCUT2D eigenvalue weighted by Gasteiger charge is 2.17. The molecule has 0 aliphatic heterocycles. The molecule has 1 heterocycles. The molecule has 1 atom stereocenters. The van der Waals surface area contributed by atoms with Gasteiger partial charge in [-0.25, -0.2) is 8.78 Å². The third-order valence-electron chi connectivity index (χ3n) is 2.71. The molecule has 17 heavy (non-hydrogen) atoms. The van der Waals surface area contributed by atoms with Crippen LogP contribution in [0, 0.1) is 18.6 Å². The summed E-state index contributed by atoms with van der Waals surface area (Å²) in [5.41, 5.74) is 6.44. The summed E-state index contributed by atoms with van der Waals surface area (Å²) in [5.74, 6) is -1.63. The maximum atomic E-state index is 13.7. The minimum absolute atomic E-state index is 0.238. The van der Waals surface area contributed by atoms with Crippen molar-refractivity contribution in [2.75, 3.05) is 0 Å². The smallest absolute Gasteiger partial charge is 0.163 e. The molecule has 1 aromatic heterocycles. The Hall–Kier alpha value is -1.26. The summed E-state index contributed by atoms with van der Waals surface area (Å²) < 4.78 is 27.1. The van der Waals surface area contributed by atoms with Crippen molar-refractivity contribution in [1.29, 1.82) is 0 Å². The van der Waals surface area contributed by atoms with Crippen LogP contribution in [0.3, 0.4) is 0 Å². The summed E-state index contributed by atoms with van der Waals surface area (Å²) in [7, 11) is 0. The van der Waals surface area contributed by atoms with E-state index in [-0.39, 0.29) is 5.56 Å². The zero-order chi connectivity index (χ0) is 12.4. The summed E-state index contributed by atoms with van der Waals surface area (Å²) in [6.45, 7) is 1.53. The Morgan fingerprint density at radius 2 is 2.00 bits per heavy atom. The van der Waals surface area contributed by atoms with Gasteiger partial charge in [0.1, 0.15) is 0 Å². The number of hydrogen-bond acceptors (Lipinski definition) is 2. The highest BCUT2D eigenvalue weighted by atomic mass is 32.1. The molecule has 0 spiro atoms. The Labute approximate surface area is 103 Å². The summed E-state index contributed by atoms with van der Waals surface area (Å²) >= 11 is 1.56. The Kier molecular flexibility index (Phi) is 3.54. The van der Waals surface area contributed by atoms with Crippen molar-refractivity contribution in [3.63, 3.8) is 0 Å². The third kappa shape index (κ3) is 2.53. The van der Waals surface area contributed by atoms with Gasteiger partial charge in [0, 0.05) is 22.9 Å². The molecule has 1 aromatic carbocycles. The van der Waals surface area contributed by atoms with Crippen LogP contribution in [0.25, 0.3) is 0 Å². The van der Waals surface area contributed by atoms with Crippen molar-refractivity contribution in [3.8, 4) is 0 Å². The average molecular weight is 253 g/mol. The van der Waals surface area contributed by atoms with Crippen LogP contribution < -0.4 is 5.73 Å². The number of halogens is 2. The van der Waals surface area contributed by atoms with Crippen LogP contribution in [0.1, 0.15) is 22.0 Å². The van der Waals surface area contributed by atoms with Crippen molar-refractivity contribution in [3.05, 3.63) is 57.3 Å². The predicted octanol–water partition coefficient (Wildman–Crippen LogP) is 3.58. The molecule has 0 saturated carbocycles. The molecule has 2 rings (SSSR count). The molecule has 2 aromatic rings. The number of nitrogens with two attached hydrogens (primary N) is 1. The molecule has 0 aliphatic carbocycles. The summed E-state index contributed by atoms with van der Waals surface area (Å²) in [6, 6.07) is 6.46. The molecule has 1 nitrogen and oxygen atoms in total. The van der Waals surface area contributed by atoms with Gasteiger partial charge in [0.25, 0.3) is 0 Å². The first-order chi connectivity index (χ1) is 8.09. The first-order valence-electron chi connectivity index (χ1n) is 5.32. The summed E-state index contributed by atoms with van der Waals surface area (Å²) in [5, 5.41) is 1.94. The maximum absolute atomic E-state index is 13.7. The van der Waals surface area contributed by atoms with Crippen LogP contribution >= 0.6 is 11.3 Å². The second-order valence-electron chi connectivity index (χ2n) is 3.99. The molecular weight excluding hydrogens is 240 g/mol. The maximum Gasteiger partial charge on any atom is 0.163 e. The van der Waals surface area contributed by atoms with Crippen LogP contribution in [0.15, 0.2) is 29.6 Å². The van der Waals surface area contributed by atoms with Gasteiger partial charge in [0.2, 0.25) is 0 Å². The van der Waals surface area contributed by atoms with Gasteiger partial charge < -0.3 is 5.73 Å². The Morgan fingerprint density at radius 1 is 1.24 bits per heavy atom. The van der Waals surface area contributed by atoms with Gasteiger partial charge in [0.15, 0.2) is 11.6 Å². The van der Waals surface area contributed by atoms with E-state index in [1.54, 1.807) is 23.5 Å². The lowest BCUT2D eigenvalue weighted by Crippen LogP contribution is -2.15. The van der Waals surface area contributed by atoms with Gasteiger partial charge in [-0.05, 0) is 23.9 Å². The van der Waals surface area contributed by atoms with E-state index in [1.807, 2.05) is 17.5 Å². The predicted molar refractivity (Wildman–Crippen MR) is 66.0 cm³/mol. The highest BCUT2D eigenvalue weighted by molar-refractivity contribution is 7.09. The van der Waals surface area contributed by atoms with Crippen molar-refractivity contribution in [2.45, 2.75) is 19.4 Å². The zero-order valence-electron chi connectivity index (χ0n) is 9.41. The minimum Gasteiger partial charge on any atom is -0.324 e. The van der Waals surface area contributed by atoms with Crippen LogP contribution in [-0.4, -0.2) is 0 Å². The Morgan fingerprint density at radius 3 is 2.65 bits per heavy atom. The molecule has 0 amide bonds. The van der Waals surface area contributed by atoms with Gasteiger partial charge >= 0.3 is 0 Å². The van der Waals surface area contributed by atoms with Gasteiger partial charge in [-0.3, -0.25) is 0 Å². The molecule has 0 bridgehead atoms. The molecule has 0 fully saturated rings. The van der Waals surface area contributed by atoms with Crippen LogP contribution in [0.2, 0.25) is 0 Å². The summed E-state index contributed by atoms with van der Waals surface area (Å²) in [4.78, 5) is 1.07. The van der Waals surface area contributed by atoms with Gasteiger partial charge in [-0.1, -0.05) is 18.2 Å². The number of thiophene rings is 1. The van der Waals surface area contributed by atoms with Gasteiger partial charge in [-0.15, -0.1) is 11.3 Å². The fourth-order valence-electron chi connectivity index (χ4n) is 1.70. The van der Waals surface area contributed by atoms with E-state index in [1.165, 1.54) is 6.92 Å². The van der Waals surface area contributed by atoms with Crippen molar-refractivity contribution < 1.29 is 8.78 Å². The van der Waals surface area contributed by atoms with Crippen LogP contribution in [0.4, 0.5) is 8.78 Å². The zero-order valence-corrected chi connectivity index (χ0v) is 10.2. The SMILES string of the molecule is Cc1ccc(C(N)Cc2cccs2)c(F)c1F. The number of hydrogen-bond donors (Lipinski definition) is 1. The standard InChI is InChI=1S/C13H13F2NS/c1-8-4-5-10(13(15)12(8)14)11(16)7-9-3-2-6-17-9/h2-6,11H,7,16H2,1H3. The van der Waals surface area contributed by atoms with E-state index in [9.17, 15) is 8.78 Å². The number of aryl methyl sites for hydroxylation is 1. The van der Waals surface area contributed by atoms with E-state index in [2.05, 4.69) is 0 Å². The first kappa shape index (κ1) is 12.2. The molecule has 0 saturated heterocycles. The highest BCUT2D eigenvalue weighted by Crippen LogP contribution is 2.24. The monoisotopic (exact) mass is 253 g/mol. The number of rotatable bonds is 3. The first-order valence-corrected chi connectivity index (χ1v) is 6.20. The lowest BCUT2D eigenvalue weighted by atomic mass is 10.0. The van der Waals surface area contributed by atoms with Crippen molar-refractivity contribution in [2.24, 2.45) is 5.73 Å². The lowest BCUT2D eigenvalue weighted by Gasteiger charge is -2.13. The molecule has 0 aliphatic rings. The fourth-order valence-corrected chi connectivity index (χ4v) is 2.47. The topological polar surface area (TPSA) is 26.0 Å². The molecule has 2 N–H and O–H groups in total.